The first-order valence-corrected chi connectivity index (χ1v) is 8.19. The Labute approximate surface area is 172 Å². The van der Waals surface area contributed by atoms with Gasteiger partial charge in [0.25, 0.3) is 11.8 Å². The number of nitrogens with two attached hydrogens (primary N) is 1. The third-order valence-electron chi connectivity index (χ3n) is 3.44. The normalized spacial score (nSPS) is 10.4. The highest BCUT2D eigenvalue weighted by molar-refractivity contribution is 7.17. The number of thiazole rings is 1. The van der Waals surface area contributed by atoms with Crippen molar-refractivity contribution in [2.45, 2.75) is 12.8 Å². The van der Waals surface area contributed by atoms with Gasteiger partial charge in [-0.3, -0.25) is 4.79 Å². The number of aromatic nitrogens is 1. The predicted octanol–water partition coefficient (Wildman–Crippen LogP) is 3.30. The second-order valence-corrected chi connectivity index (χ2v) is 6.25. The van der Waals surface area contributed by atoms with Gasteiger partial charge in [-0.2, -0.15) is 0 Å². The van der Waals surface area contributed by atoms with Crippen LogP contribution < -0.4 is 20.5 Å². The molecule has 11 heteroatoms. The molecule has 0 atom stereocenters. The molecule has 2 rings (SSSR count). The van der Waals surface area contributed by atoms with E-state index in [9.17, 15) is 13.6 Å². The van der Waals surface area contributed by atoms with E-state index < -0.39 is 24.9 Å². The molecule has 1 amide bonds. The van der Waals surface area contributed by atoms with Gasteiger partial charge >= 0.3 is 0 Å². The summed E-state index contributed by atoms with van der Waals surface area (Å²) in [6, 6.07) is 5.25. The Kier molecular flexibility index (Phi) is 9.94. The van der Waals surface area contributed by atoms with E-state index in [-0.39, 0.29) is 29.7 Å². The zero-order chi connectivity index (χ0) is 18.6. The largest absolute Gasteiger partial charge is 0.493 e. The minimum atomic E-state index is -3.14. The van der Waals surface area contributed by atoms with Crippen LogP contribution in [-0.2, 0) is 0 Å². The van der Waals surface area contributed by atoms with E-state index >= 15 is 0 Å². The number of nitrogens with zero attached hydrogens (tertiary/aromatic N) is 1. The van der Waals surface area contributed by atoms with Gasteiger partial charge in [-0.15, -0.1) is 36.2 Å². The van der Waals surface area contributed by atoms with Gasteiger partial charge in [-0.1, -0.05) is 0 Å². The Morgan fingerprint density at radius 1 is 1.26 bits per heavy atom. The number of carbonyl (C=O) groups excluding carboxylic acids is 1. The molecule has 2 aromatic rings. The average Bonchev–Trinajstić information content (AvgIpc) is 3.01. The van der Waals surface area contributed by atoms with Crippen molar-refractivity contribution in [2.24, 2.45) is 5.73 Å². The Morgan fingerprint density at radius 3 is 2.44 bits per heavy atom. The number of carbonyl (C=O) groups is 1. The van der Waals surface area contributed by atoms with Crippen LogP contribution in [0.4, 0.5) is 8.78 Å². The first kappa shape index (κ1) is 25.3. The fourth-order valence-corrected chi connectivity index (χ4v) is 3.04. The maximum Gasteiger partial charge on any atom is 0.277 e. The van der Waals surface area contributed by atoms with Crippen molar-refractivity contribution in [1.29, 1.82) is 0 Å². The molecule has 1 heterocycles. The number of aryl methyl sites for hydroxylation is 1. The molecule has 0 fully saturated rings. The number of amides is 1. The van der Waals surface area contributed by atoms with Crippen LogP contribution in [0.3, 0.4) is 0 Å². The maximum absolute atomic E-state index is 13.2. The summed E-state index contributed by atoms with van der Waals surface area (Å²) in [5.74, 6) is -2.64. The fourth-order valence-electron chi connectivity index (χ4n) is 2.06. The van der Waals surface area contributed by atoms with Crippen LogP contribution in [0, 0.1) is 6.92 Å². The smallest absolute Gasteiger partial charge is 0.277 e. The van der Waals surface area contributed by atoms with Gasteiger partial charge in [0.05, 0.1) is 33.0 Å². The highest BCUT2D eigenvalue weighted by atomic mass is 35.5. The average molecular weight is 444 g/mol. The Morgan fingerprint density at radius 2 is 1.89 bits per heavy atom. The fraction of sp³-hybridized carbons (Fsp3) is 0.375. The van der Waals surface area contributed by atoms with Gasteiger partial charge in [-0.05, 0) is 25.1 Å². The van der Waals surface area contributed by atoms with Crippen molar-refractivity contribution in [3.8, 4) is 22.1 Å². The quantitative estimate of drug-likeness (QED) is 0.685. The van der Waals surface area contributed by atoms with Crippen LogP contribution in [0.2, 0.25) is 0 Å². The van der Waals surface area contributed by atoms with E-state index in [0.29, 0.717) is 22.2 Å². The summed E-state index contributed by atoms with van der Waals surface area (Å²) in [5, 5.41) is 2.77. The molecule has 27 heavy (non-hydrogen) atoms. The van der Waals surface area contributed by atoms with Crippen LogP contribution in [0.5, 0.6) is 11.5 Å². The van der Waals surface area contributed by atoms with E-state index in [1.54, 1.807) is 25.1 Å². The van der Waals surface area contributed by atoms with E-state index in [2.05, 4.69) is 10.3 Å². The number of methoxy groups -OCH3 is 2. The molecular weight excluding hydrogens is 423 g/mol. The van der Waals surface area contributed by atoms with Gasteiger partial charge < -0.3 is 20.5 Å². The second kappa shape index (κ2) is 10.6. The SMILES string of the molecule is COc1ccc(-c2nc(C)c(C(=O)NCC(F)(F)CN)s2)cc1OC.Cl.Cl. The minimum absolute atomic E-state index is 0. The zero-order valence-corrected chi connectivity index (χ0v) is 17.3. The lowest BCUT2D eigenvalue weighted by Gasteiger charge is -2.13. The topological polar surface area (TPSA) is 86.5 Å². The molecule has 0 unspecified atom stereocenters. The predicted molar refractivity (Wildman–Crippen MR) is 106 cm³/mol. The molecule has 0 radical (unpaired) electrons. The first-order chi connectivity index (χ1) is 11.8. The standard InChI is InChI=1S/C16H19F2N3O3S.2ClH/c1-9-13(14(22)20-8-16(17,18)7-19)25-15(21-9)10-4-5-11(23-2)12(6-10)24-3;;/h4-6H,7-8,19H2,1-3H3,(H,20,22);2*1H. The number of alkyl halides is 2. The van der Waals surface area contributed by atoms with E-state index in [0.717, 1.165) is 16.9 Å². The molecule has 1 aromatic carbocycles. The van der Waals surface area contributed by atoms with Gasteiger partial charge in [0.1, 0.15) is 9.88 Å². The zero-order valence-electron chi connectivity index (χ0n) is 14.9. The Bertz CT molecular complexity index is 775. The molecule has 152 valence electrons. The van der Waals surface area contributed by atoms with Crippen molar-refractivity contribution >= 4 is 42.1 Å². The number of hydrogen-bond acceptors (Lipinski definition) is 6. The molecule has 0 aliphatic carbocycles. The van der Waals surface area contributed by atoms with Crippen molar-refractivity contribution in [2.75, 3.05) is 27.3 Å². The third-order valence-corrected chi connectivity index (χ3v) is 4.64. The number of halogens is 4. The van der Waals surface area contributed by atoms with Crippen LogP contribution in [-0.4, -0.2) is 44.1 Å². The van der Waals surface area contributed by atoms with Crippen LogP contribution in [0.25, 0.3) is 10.6 Å². The summed E-state index contributed by atoms with van der Waals surface area (Å²) >= 11 is 1.12. The maximum atomic E-state index is 13.2. The summed E-state index contributed by atoms with van der Waals surface area (Å²) in [6.45, 7) is 0.00789. The number of benzene rings is 1. The molecule has 3 N–H and O–H groups in total. The number of nitrogens with one attached hydrogen (secondary N) is 1. The van der Waals surface area contributed by atoms with Crippen molar-refractivity contribution in [3.05, 3.63) is 28.8 Å². The van der Waals surface area contributed by atoms with E-state index in [4.69, 9.17) is 15.2 Å². The minimum Gasteiger partial charge on any atom is -0.493 e. The first-order valence-electron chi connectivity index (χ1n) is 7.37. The molecule has 0 aliphatic rings. The van der Waals surface area contributed by atoms with Crippen LogP contribution >= 0.6 is 36.2 Å². The molecular formula is C16H21Cl2F2N3O3S. The van der Waals surface area contributed by atoms with Gasteiger partial charge in [0.2, 0.25) is 0 Å². The molecule has 0 saturated carbocycles. The van der Waals surface area contributed by atoms with Crippen molar-refractivity contribution in [3.63, 3.8) is 0 Å². The lowest BCUT2D eigenvalue weighted by atomic mass is 10.2. The van der Waals surface area contributed by atoms with Crippen molar-refractivity contribution < 1.29 is 23.0 Å². The summed E-state index contributed by atoms with van der Waals surface area (Å²) in [4.78, 5) is 16.8. The van der Waals surface area contributed by atoms with E-state index in [1.807, 2.05) is 0 Å². The Balaban J connectivity index is 0.00000338. The van der Waals surface area contributed by atoms with Gasteiger partial charge in [0.15, 0.2) is 11.5 Å². The number of ether oxygens (including phenoxy) is 2. The molecule has 0 spiro atoms. The third kappa shape index (κ3) is 6.17. The monoisotopic (exact) mass is 443 g/mol. The van der Waals surface area contributed by atoms with Crippen molar-refractivity contribution in [1.82, 2.24) is 10.3 Å². The molecule has 0 aliphatic heterocycles. The highest BCUT2D eigenvalue weighted by Crippen LogP contribution is 2.35. The van der Waals surface area contributed by atoms with E-state index in [1.165, 1.54) is 14.2 Å². The molecule has 1 aromatic heterocycles. The van der Waals surface area contributed by atoms with Gasteiger partial charge in [-0.25, -0.2) is 13.8 Å². The lowest BCUT2D eigenvalue weighted by molar-refractivity contribution is 0.0119. The summed E-state index contributed by atoms with van der Waals surface area (Å²) in [5.41, 5.74) is 6.15. The second-order valence-electron chi connectivity index (χ2n) is 5.25. The summed E-state index contributed by atoms with van der Waals surface area (Å²) in [6.07, 6.45) is 0. The van der Waals surface area contributed by atoms with Gasteiger partial charge in [0, 0.05) is 5.56 Å². The Hall–Kier alpha value is -1.68. The summed E-state index contributed by atoms with van der Waals surface area (Å²) < 4.78 is 36.8. The summed E-state index contributed by atoms with van der Waals surface area (Å²) in [7, 11) is 3.05. The van der Waals surface area contributed by atoms with Crippen LogP contribution in [0.1, 0.15) is 15.4 Å². The van der Waals surface area contributed by atoms with Crippen LogP contribution in [0.15, 0.2) is 18.2 Å². The molecule has 0 saturated heterocycles. The number of hydrogen-bond donors (Lipinski definition) is 2. The molecule has 0 bridgehead atoms. The highest BCUT2D eigenvalue weighted by Gasteiger charge is 2.28. The molecule has 6 nitrogen and oxygen atoms in total. The number of rotatable bonds is 7. The lowest BCUT2D eigenvalue weighted by Crippen LogP contribution is -2.41.